The number of aromatic nitrogens is 1. The van der Waals surface area contributed by atoms with E-state index < -0.39 is 5.89 Å². The van der Waals surface area contributed by atoms with Gasteiger partial charge in [-0.25, -0.2) is 4.57 Å². The van der Waals surface area contributed by atoms with Crippen LogP contribution in [0.5, 0.6) is 0 Å². The summed E-state index contributed by atoms with van der Waals surface area (Å²) in [6.07, 6.45) is 4.10. The summed E-state index contributed by atoms with van der Waals surface area (Å²) < 4.78 is 10.9. The number of nitrogens with zero attached hydrogens (tertiary/aromatic N) is 1. The normalized spacial score (nSPS) is 14.0. The first-order chi connectivity index (χ1) is 15.3. The van der Waals surface area contributed by atoms with Crippen molar-refractivity contribution < 1.29 is 5.94 Å². The predicted octanol–water partition coefficient (Wildman–Crippen LogP) is 6.75. The number of hydrogen-bond donors (Lipinski definition) is 0. The summed E-state index contributed by atoms with van der Waals surface area (Å²) >= 11 is 0. The quantitative estimate of drug-likeness (QED) is 0.281. The molecule has 31 heavy (non-hydrogen) atoms. The largest absolute Gasteiger partial charge is 0.213 e. The van der Waals surface area contributed by atoms with Gasteiger partial charge in [0.25, 0.3) is 0 Å². The zero-order chi connectivity index (χ0) is 22.2. The summed E-state index contributed by atoms with van der Waals surface area (Å²) in [5.41, 5.74) is 16.4. The lowest BCUT2D eigenvalue weighted by molar-refractivity contribution is -0.660. The maximum Gasteiger partial charge on any atom is 0.213 e. The molecule has 0 spiro atoms. The van der Waals surface area contributed by atoms with Crippen LogP contribution in [0.3, 0.4) is 0 Å². The molecule has 0 saturated heterocycles. The number of benzene rings is 3. The Labute approximate surface area is 186 Å². The van der Waals surface area contributed by atoms with Gasteiger partial charge in [-0.1, -0.05) is 62.4 Å². The van der Waals surface area contributed by atoms with Gasteiger partial charge < -0.3 is 0 Å². The summed E-state index contributed by atoms with van der Waals surface area (Å²) in [5.74, 6) is -0.633. The Morgan fingerprint density at radius 1 is 0.806 bits per heavy atom. The highest BCUT2D eigenvalue weighted by atomic mass is 14.9. The zero-order valence-electron chi connectivity index (χ0n) is 19.7. The molecule has 0 N–H and O–H groups in total. The number of fused-ring (bicyclic) bond motifs is 7. The van der Waals surface area contributed by atoms with Gasteiger partial charge in [-0.2, -0.15) is 0 Å². The number of rotatable bonds is 2. The molecule has 4 aromatic rings. The molecule has 0 saturated carbocycles. The first kappa shape index (κ1) is 17.5. The Morgan fingerprint density at radius 3 is 2.03 bits per heavy atom. The van der Waals surface area contributed by atoms with Crippen molar-refractivity contribution in [1.82, 2.24) is 0 Å². The van der Waals surface area contributed by atoms with E-state index in [0.717, 1.165) is 18.4 Å². The summed E-state index contributed by atoms with van der Waals surface area (Å²) in [7, 11) is 2.13. The lowest BCUT2D eigenvalue weighted by Crippen LogP contribution is -2.31. The van der Waals surface area contributed by atoms with Gasteiger partial charge in [-0.05, 0) is 81.3 Å². The molecular weight excluding hydrogens is 374 g/mol. The first-order valence-corrected chi connectivity index (χ1v) is 11.2. The van der Waals surface area contributed by atoms with E-state index in [1.54, 1.807) is 0 Å². The van der Waals surface area contributed by atoms with Crippen LogP contribution in [0, 0.1) is 6.92 Å². The number of pyridine rings is 1. The zero-order valence-corrected chi connectivity index (χ0v) is 18.7. The maximum absolute atomic E-state index is 8.62. The van der Waals surface area contributed by atoms with Gasteiger partial charge in [0, 0.05) is 13.5 Å². The molecule has 1 nitrogen and oxygen atoms in total. The molecule has 3 aromatic carbocycles. The van der Waals surface area contributed by atoms with Gasteiger partial charge >= 0.3 is 0 Å². The Morgan fingerprint density at radius 2 is 1.39 bits per heavy atom. The Bertz CT molecular complexity index is 1420. The third kappa shape index (κ3) is 2.59. The summed E-state index contributed by atoms with van der Waals surface area (Å²) in [4.78, 5) is 0. The van der Waals surface area contributed by atoms with E-state index in [1.807, 2.05) is 13.8 Å². The molecule has 0 radical (unpaired) electrons. The van der Waals surface area contributed by atoms with Crippen LogP contribution < -0.4 is 4.57 Å². The van der Waals surface area contributed by atoms with Crippen LogP contribution in [0.25, 0.3) is 33.5 Å². The van der Waals surface area contributed by atoms with Crippen LogP contribution in [0.1, 0.15) is 54.5 Å². The van der Waals surface area contributed by atoms with E-state index in [4.69, 9.17) is 1.37 Å². The van der Waals surface area contributed by atoms with Crippen molar-refractivity contribution in [2.45, 2.75) is 39.5 Å². The predicted molar refractivity (Wildman–Crippen MR) is 128 cm³/mol. The maximum atomic E-state index is 8.62. The molecule has 1 heterocycles. The fourth-order valence-corrected chi connectivity index (χ4v) is 5.75. The standard InChI is InChI=1S/C30H28N/c1-18(2)20-13-14-31(4)27(17-20)29-19(3)28-23-11-7-5-9-21(23)15-25(28)30-24-12-8-6-10-22(24)16-26(29)30/h5-14,17-18H,15-16H2,1-4H3/q+1/i18D. The smallest absolute Gasteiger partial charge is 0.201 e. The van der Waals surface area contributed by atoms with Crippen molar-refractivity contribution in [2.24, 2.45) is 7.05 Å². The highest BCUT2D eigenvalue weighted by Crippen LogP contribution is 2.52. The molecule has 1 heteroatoms. The second-order valence-corrected chi connectivity index (χ2v) is 9.29. The van der Waals surface area contributed by atoms with E-state index in [-0.39, 0.29) is 0 Å². The van der Waals surface area contributed by atoms with Crippen molar-refractivity contribution in [3.8, 4) is 33.5 Å². The first-order valence-electron chi connectivity index (χ1n) is 11.7. The summed E-state index contributed by atoms with van der Waals surface area (Å²) in [6, 6.07) is 22.1. The van der Waals surface area contributed by atoms with Crippen LogP contribution in [-0.2, 0) is 19.9 Å². The van der Waals surface area contributed by atoms with Gasteiger partial charge in [0.2, 0.25) is 5.69 Å². The molecule has 2 aliphatic rings. The lowest BCUT2D eigenvalue weighted by Gasteiger charge is -2.18. The van der Waals surface area contributed by atoms with E-state index in [2.05, 4.69) is 85.4 Å². The molecule has 0 atom stereocenters. The van der Waals surface area contributed by atoms with Gasteiger partial charge in [0.05, 0.1) is 5.56 Å². The minimum atomic E-state index is -0.633. The summed E-state index contributed by atoms with van der Waals surface area (Å²) in [6.45, 7) is 6.24. The highest BCUT2D eigenvalue weighted by molar-refractivity contribution is 5.97. The van der Waals surface area contributed by atoms with E-state index in [9.17, 15) is 0 Å². The Balaban J connectivity index is 1.73. The average Bonchev–Trinajstić information content (AvgIpc) is 3.32. The molecule has 0 fully saturated rings. The molecule has 6 rings (SSSR count). The fourth-order valence-electron chi connectivity index (χ4n) is 5.75. The molecule has 0 bridgehead atoms. The lowest BCUT2D eigenvalue weighted by atomic mass is 9.85. The van der Waals surface area contributed by atoms with E-state index in [1.165, 1.54) is 61.3 Å². The second-order valence-electron chi connectivity index (χ2n) is 9.29. The molecular formula is C30H28N+. The number of aryl methyl sites for hydroxylation is 1. The molecule has 0 amide bonds. The van der Waals surface area contributed by atoms with Gasteiger partial charge in [0.15, 0.2) is 6.20 Å². The summed E-state index contributed by atoms with van der Waals surface area (Å²) in [5, 5.41) is 0. The molecule has 2 aliphatic carbocycles. The second kappa shape index (κ2) is 6.65. The molecule has 152 valence electrons. The number of hydrogen-bond acceptors (Lipinski definition) is 0. The van der Waals surface area contributed by atoms with Crippen LogP contribution in [-0.4, -0.2) is 0 Å². The van der Waals surface area contributed by atoms with Gasteiger partial charge in [-0.3, -0.25) is 0 Å². The van der Waals surface area contributed by atoms with Crippen molar-refractivity contribution in [2.75, 3.05) is 0 Å². The Hall–Kier alpha value is -3.19. The van der Waals surface area contributed by atoms with Crippen LogP contribution in [0.2, 0.25) is 0 Å². The van der Waals surface area contributed by atoms with Crippen LogP contribution in [0.15, 0.2) is 66.9 Å². The van der Waals surface area contributed by atoms with Crippen molar-refractivity contribution in [3.05, 3.63) is 100 Å². The van der Waals surface area contributed by atoms with Gasteiger partial charge in [-0.15, -0.1) is 0 Å². The monoisotopic (exact) mass is 403 g/mol. The molecule has 0 unspecified atom stereocenters. The van der Waals surface area contributed by atoms with Crippen LogP contribution >= 0.6 is 0 Å². The van der Waals surface area contributed by atoms with Crippen molar-refractivity contribution in [1.29, 1.82) is 0 Å². The minimum absolute atomic E-state index is 0.633. The fraction of sp³-hybridized carbons (Fsp3) is 0.233. The third-order valence-corrected chi connectivity index (χ3v) is 7.25. The third-order valence-electron chi connectivity index (χ3n) is 7.25. The van der Waals surface area contributed by atoms with Crippen molar-refractivity contribution >= 4 is 0 Å². The Kier molecular flexibility index (Phi) is 3.75. The van der Waals surface area contributed by atoms with Gasteiger partial charge in [0.1, 0.15) is 7.05 Å². The minimum Gasteiger partial charge on any atom is -0.201 e. The average molecular weight is 404 g/mol. The van der Waals surface area contributed by atoms with E-state index >= 15 is 0 Å². The SMILES string of the molecule is [2H]C(C)(C)c1cc[n+](C)c(-c2c(C)c3c(c4c2Cc2ccccc2-4)Cc2ccccc2-3)c1. The topological polar surface area (TPSA) is 3.88 Å². The highest BCUT2D eigenvalue weighted by Gasteiger charge is 2.34. The van der Waals surface area contributed by atoms with Crippen molar-refractivity contribution in [3.63, 3.8) is 0 Å². The van der Waals surface area contributed by atoms with E-state index in [0.29, 0.717) is 0 Å². The van der Waals surface area contributed by atoms with Crippen LogP contribution in [0.4, 0.5) is 0 Å². The molecule has 0 aliphatic heterocycles. The molecule has 1 aromatic heterocycles.